The van der Waals surface area contributed by atoms with Gasteiger partial charge in [-0.05, 0) is 91.3 Å². The third kappa shape index (κ3) is 4.84. The Kier molecular flexibility index (Phi) is 7.33. The zero-order valence-electron chi connectivity index (χ0n) is 19.0. The van der Waals surface area contributed by atoms with Crippen molar-refractivity contribution in [1.82, 2.24) is 0 Å². The standard InChI is InChI=1S/C28H39FO/c1-3-4-5-6-20-7-9-21(10-8-20)22-11-13-23(14-12-22)26-17-15-24-19-25(30-2)16-18-27(24)28(26)29/h15-23H,3-14H2,1-2H3. The molecule has 4 rings (SSSR count). The van der Waals surface area contributed by atoms with E-state index >= 15 is 4.39 Å². The lowest BCUT2D eigenvalue weighted by Gasteiger charge is -2.38. The fraction of sp³-hybridized carbons (Fsp3) is 0.643. The van der Waals surface area contributed by atoms with Crippen LogP contribution in [0.2, 0.25) is 0 Å². The highest BCUT2D eigenvalue weighted by molar-refractivity contribution is 5.85. The molecule has 0 radical (unpaired) electrons. The third-order valence-electron chi connectivity index (χ3n) is 8.18. The van der Waals surface area contributed by atoms with Gasteiger partial charge in [-0.1, -0.05) is 57.6 Å². The fourth-order valence-electron chi connectivity index (χ4n) is 6.26. The van der Waals surface area contributed by atoms with Crippen molar-refractivity contribution in [3.8, 4) is 5.75 Å². The van der Waals surface area contributed by atoms with Crippen LogP contribution >= 0.6 is 0 Å². The number of unbranched alkanes of at least 4 members (excludes halogenated alkanes) is 2. The number of benzene rings is 2. The average molecular weight is 411 g/mol. The summed E-state index contributed by atoms with van der Waals surface area (Å²) in [6.45, 7) is 2.30. The summed E-state index contributed by atoms with van der Waals surface area (Å²) < 4.78 is 20.6. The van der Waals surface area contributed by atoms with Crippen molar-refractivity contribution in [3.05, 3.63) is 41.7 Å². The fourth-order valence-corrected chi connectivity index (χ4v) is 6.26. The lowest BCUT2D eigenvalue weighted by atomic mass is 9.68. The second-order valence-electron chi connectivity index (χ2n) is 9.94. The Hall–Kier alpha value is -1.57. The summed E-state index contributed by atoms with van der Waals surface area (Å²) in [4.78, 5) is 0. The highest BCUT2D eigenvalue weighted by Crippen LogP contribution is 2.45. The molecule has 0 unspecified atom stereocenters. The quantitative estimate of drug-likeness (QED) is 0.415. The number of ether oxygens (including phenoxy) is 1. The van der Waals surface area contributed by atoms with Crippen molar-refractivity contribution in [2.75, 3.05) is 7.11 Å². The summed E-state index contributed by atoms with van der Waals surface area (Å²) in [5.41, 5.74) is 0.936. The number of methoxy groups -OCH3 is 1. The van der Waals surface area contributed by atoms with E-state index in [1.54, 1.807) is 7.11 Å². The lowest BCUT2D eigenvalue weighted by molar-refractivity contribution is 0.155. The van der Waals surface area contributed by atoms with E-state index in [1.807, 2.05) is 24.3 Å². The summed E-state index contributed by atoms with van der Waals surface area (Å²) in [6.07, 6.45) is 16.3. The van der Waals surface area contributed by atoms with Crippen molar-refractivity contribution >= 4 is 10.8 Å². The molecule has 0 bridgehead atoms. The van der Waals surface area contributed by atoms with E-state index in [4.69, 9.17) is 4.74 Å². The summed E-state index contributed by atoms with van der Waals surface area (Å²) in [5, 5.41) is 1.66. The molecule has 0 saturated heterocycles. The van der Waals surface area contributed by atoms with Crippen LogP contribution in [-0.4, -0.2) is 7.11 Å². The second kappa shape index (κ2) is 10.2. The molecule has 0 amide bonds. The monoisotopic (exact) mass is 410 g/mol. The molecule has 0 atom stereocenters. The molecule has 0 aromatic heterocycles. The first-order valence-corrected chi connectivity index (χ1v) is 12.5. The van der Waals surface area contributed by atoms with Crippen LogP contribution in [0.25, 0.3) is 10.8 Å². The molecule has 1 nitrogen and oxygen atoms in total. The molecule has 2 saturated carbocycles. The van der Waals surface area contributed by atoms with E-state index in [1.165, 1.54) is 64.2 Å². The van der Waals surface area contributed by atoms with Gasteiger partial charge in [0.15, 0.2) is 0 Å². The van der Waals surface area contributed by atoms with E-state index in [9.17, 15) is 0 Å². The Morgan fingerprint density at radius 1 is 0.867 bits per heavy atom. The molecule has 30 heavy (non-hydrogen) atoms. The number of halogens is 1. The van der Waals surface area contributed by atoms with Crippen LogP contribution in [0.4, 0.5) is 4.39 Å². The summed E-state index contributed by atoms with van der Waals surface area (Å²) >= 11 is 0. The summed E-state index contributed by atoms with van der Waals surface area (Å²) in [6, 6.07) is 9.77. The molecule has 2 heteroatoms. The van der Waals surface area contributed by atoms with Crippen molar-refractivity contribution in [3.63, 3.8) is 0 Å². The van der Waals surface area contributed by atoms with Gasteiger partial charge in [-0.3, -0.25) is 0 Å². The van der Waals surface area contributed by atoms with Gasteiger partial charge in [-0.15, -0.1) is 0 Å². The van der Waals surface area contributed by atoms with Crippen LogP contribution < -0.4 is 4.74 Å². The van der Waals surface area contributed by atoms with Gasteiger partial charge in [0.05, 0.1) is 7.11 Å². The SMILES string of the molecule is CCCCCC1CCC(C2CCC(c3ccc4cc(OC)ccc4c3F)CC2)CC1. The second-order valence-corrected chi connectivity index (χ2v) is 9.94. The largest absolute Gasteiger partial charge is 0.497 e. The van der Waals surface area contributed by atoms with Crippen molar-refractivity contribution in [2.45, 2.75) is 89.9 Å². The number of hydrogen-bond acceptors (Lipinski definition) is 1. The average Bonchev–Trinajstić information content (AvgIpc) is 2.80. The molecule has 2 aromatic carbocycles. The van der Waals surface area contributed by atoms with E-state index in [2.05, 4.69) is 13.0 Å². The van der Waals surface area contributed by atoms with Gasteiger partial charge in [0, 0.05) is 5.39 Å². The van der Waals surface area contributed by atoms with Gasteiger partial charge in [-0.25, -0.2) is 4.39 Å². The zero-order chi connectivity index (χ0) is 20.9. The van der Waals surface area contributed by atoms with Gasteiger partial charge < -0.3 is 4.74 Å². The van der Waals surface area contributed by atoms with Gasteiger partial charge in [0.1, 0.15) is 11.6 Å². The molecule has 0 N–H and O–H groups in total. The van der Waals surface area contributed by atoms with E-state index in [0.717, 1.165) is 52.7 Å². The van der Waals surface area contributed by atoms with E-state index in [-0.39, 0.29) is 5.82 Å². The van der Waals surface area contributed by atoms with Crippen molar-refractivity contribution in [1.29, 1.82) is 0 Å². The lowest BCUT2D eigenvalue weighted by Crippen LogP contribution is -2.25. The van der Waals surface area contributed by atoms with Crippen LogP contribution in [0.3, 0.4) is 0 Å². The molecule has 2 fully saturated rings. The third-order valence-corrected chi connectivity index (χ3v) is 8.18. The predicted octanol–water partition coefficient (Wildman–Crippen LogP) is 8.65. The first-order chi connectivity index (χ1) is 14.7. The first-order valence-electron chi connectivity index (χ1n) is 12.5. The topological polar surface area (TPSA) is 9.23 Å². The highest BCUT2D eigenvalue weighted by atomic mass is 19.1. The minimum absolute atomic E-state index is 0.00816. The van der Waals surface area contributed by atoms with Gasteiger partial charge in [0.2, 0.25) is 0 Å². The van der Waals surface area contributed by atoms with Crippen LogP contribution in [-0.2, 0) is 0 Å². The summed E-state index contributed by atoms with van der Waals surface area (Å²) in [7, 11) is 1.66. The molecule has 2 aliphatic carbocycles. The molecule has 2 aromatic rings. The molecular formula is C28H39FO. The number of fused-ring (bicyclic) bond motifs is 1. The zero-order valence-corrected chi connectivity index (χ0v) is 19.0. The Labute approximate surface area is 182 Å². The normalized spacial score (nSPS) is 27.3. The molecule has 0 heterocycles. The van der Waals surface area contributed by atoms with Crippen molar-refractivity contribution in [2.24, 2.45) is 17.8 Å². The van der Waals surface area contributed by atoms with Crippen molar-refractivity contribution < 1.29 is 9.13 Å². The van der Waals surface area contributed by atoms with Gasteiger partial charge in [0.25, 0.3) is 0 Å². The molecule has 2 aliphatic rings. The molecule has 0 spiro atoms. The van der Waals surface area contributed by atoms with Gasteiger partial charge in [-0.2, -0.15) is 0 Å². The molecule has 0 aliphatic heterocycles. The van der Waals surface area contributed by atoms with E-state index in [0.29, 0.717) is 5.92 Å². The van der Waals surface area contributed by atoms with Crippen LogP contribution in [0, 0.1) is 23.6 Å². The van der Waals surface area contributed by atoms with E-state index < -0.39 is 0 Å². The molecular weight excluding hydrogens is 371 g/mol. The number of hydrogen-bond donors (Lipinski definition) is 0. The minimum Gasteiger partial charge on any atom is -0.497 e. The minimum atomic E-state index is -0.00816. The maximum atomic E-state index is 15.3. The first kappa shape index (κ1) is 21.7. The Morgan fingerprint density at radius 3 is 2.23 bits per heavy atom. The predicted molar refractivity (Wildman–Crippen MR) is 125 cm³/mol. The van der Waals surface area contributed by atoms with Crippen LogP contribution in [0.1, 0.15) is 95.5 Å². The molecule has 164 valence electrons. The van der Waals surface area contributed by atoms with Crippen LogP contribution in [0.15, 0.2) is 30.3 Å². The Balaban J connectivity index is 1.32. The number of rotatable bonds is 7. The highest BCUT2D eigenvalue weighted by Gasteiger charge is 2.32. The van der Waals surface area contributed by atoms with Crippen LogP contribution in [0.5, 0.6) is 5.75 Å². The maximum absolute atomic E-state index is 15.3. The summed E-state index contributed by atoms with van der Waals surface area (Å²) in [5.74, 6) is 3.97. The Morgan fingerprint density at radius 2 is 1.57 bits per heavy atom. The Bertz CT molecular complexity index is 813. The van der Waals surface area contributed by atoms with Gasteiger partial charge >= 0.3 is 0 Å². The smallest absolute Gasteiger partial charge is 0.134 e. The maximum Gasteiger partial charge on any atom is 0.134 e.